The van der Waals surface area contributed by atoms with Gasteiger partial charge in [0.25, 0.3) is 0 Å². The quantitative estimate of drug-likeness (QED) is 0.0980. The molecular weight excluding hydrogens is 655 g/mol. The Morgan fingerprint density at radius 2 is 1.16 bits per heavy atom. The molecule has 0 N–H and O–H groups in total. The zero-order valence-corrected chi connectivity index (χ0v) is 29.3. The Hall–Kier alpha value is -5.20. The third-order valence-corrected chi connectivity index (χ3v) is 13.5. The summed E-state index contributed by atoms with van der Waals surface area (Å²) >= 11 is 0.208. The van der Waals surface area contributed by atoms with Crippen molar-refractivity contribution in [3.05, 3.63) is 192 Å². The molecule has 0 amide bonds. The Bertz CT molecular complexity index is 2730. The van der Waals surface area contributed by atoms with Crippen LogP contribution in [0.4, 0.5) is 0 Å². The van der Waals surface area contributed by atoms with Gasteiger partial charge in [-0.3, -0.25) is 0 Å². The first kappa shape index (κ1) is 28.8. The van der Waals surface area contributed by atoms with Crippen LogP contribution in [0.5, 0.6) is 0 Å². The van der Waals surface area contributed by atoms with Crippen LogP contribution in [0.1, 0.15) is 47.6 Å². The Kier molecular flexibility index (Phi) is 6.41. The molecule has 8 aromatic carbocycles. The van der Waals surface area contributed by atoms with E-state index in [-0.39, 0.29) is 25.8 Å². The van der Waals surface area contributed by atoms with Gasteiger partial charge in [-0.1, -0.05) is 0 Å². The minimum absolute atomic E-state index is 0.0455. The average molecular weight is 690 g/mol. The predicted octanol–water partition coefficient (Wildman–Crippen LogP) is 12.5. The van der Waals surface area contributed by atoms with Crippen molar-refractivity contribution in [1.82, 2.24) is 0 Å². The molecule has 1 aliphatic carbocycles. The van der Waals surface area contributed by atoms with Gasteiger partial charge < -0.3 is 0 Å². The third-order valence-electron chi connectivity index (χ3n) is 11.0. The molecule has 1 aromatic heterocycles. The van der Waals surface area contributed by atoms with E-state index >= 15 is 0 Å². The number of hydrogen-bond acceptors (Lipinski definition) is 0. The Labute approximate surface area is 293 Å². The van der Waals surface area contributed by atoms with Crippen LogP contribution in [0.15, 0.2) is 164 Å². The number of hydrogen-bond donors (Lipinski definition) is 0. The summed E-state index contributed by atoms with van der Waals surface area (Å²) in [5, 5.41) is 8.26. The predicted molar refractivity (Wildman–Crippen MR) is 210 cm³/mol. The molecule has 0 saturated heterocycles. The molecule has 0 nitrogen and oxygen atoms in total. The summed E-state index contributed by atoms with van der Waals surface area (Å²) in [5.74, 6) is 0.101. The Morgan fingerprint density at radius 3 is 2.04 bits per heavy atom. The monoisotopic (exact) mass is 690 g/mol. The molecule has 1 heterocycles. The number of fused-ring (bicyclic) bond motifs is 10. The van der Waals surface area contributed by atoms with E-state index in [1.807, 2.05) is 0 Å². The van der Waals surface area contributed by atoms with Gasteiger partial charge >= 0.3 is 294 Å². The summed E-state index contributed by atoms with van der Waals surface area (Å²) < 4.78 is 3.01. The first-order chi connectivity index (χ1) is 24.1. The molecule has 0 radical (unpaired) electrons. The average Bonchev–Trinajstić information content (AvgIpc) is 3.64. The molecule has 1 atom stereocenters. The summed E-state index contributed by atoms with van der Waals surface area (Å²) in [5.41, 5.74) is 12.2. The van der Waals surface area contributed by atoms with Crippen molar-refractivity contribution in [3.8, 4) is 22.3 Å². The summed E-state index contributed by atoms with van der Waals surface area (Å²) in [7, 11) is 0. The van der Waals surface area contributed by atoms with Crippen molar-refractivity contribution >= 4 is 55.3 Å². The van der Waals surface area contributed by atoms with Gasteiger partial charge in [0.15, 0.2) is 0 Å². The van der Waals surface area contributed by atoms with Gasteiger partial charge in [0.1, 0.15) is 0 Å². The van der Waals surface area contributed by atoms with Crippen LogP contribution in [-0.4, -0.2) is 14.5 Å². The molecule has 1 aliphatic rings. The topological polar surface area (TPSA) is 0 Å². The maximum absolute atomic E-state index is 2.55. The number of rotatable bonds is 4. The van der Waals surface area contributed by atoms with E-state index in [4.69, 9.17) is 0 Å². The molecule has 0 bridgehead atoms. The molecule has 1 unspecified atom stereocenters. The number of benzene rings is 8. The van der Waals surface area contributed by atoms with Gasteiger partial charge in [-0.25, -0.2) is 0 Å². The van der Waals surface area contributed by atoms with E-state index in [0.29, 0.717) is 0 Å². The van der Waals surface area contributed by atoms with Crippen molar-refractivity contribution in [2.24, 2.45) is 0 Å². The second kappa shape index (κ2) is 10.9. The molecular formula is C48H34Se. The van der Waals surface area contributed by atoms with Crippen molar-refractivity contribution in [1.29, 1.82) is 0 Å². The maximum atomic E-state index is 2.55. The van der Waals surface area contributed by atoms with Crippen LogP contribution >= 0.6 is 0 Å². The van der Waals surface area contributed by atoms with Gasteiger partial charge in [-0.05, 0) is 0 Å². The minimum atomic E-state index is -0.0455. The zero-order chi connectivity index (χ0) is 32.7. The molecule has 0 saturated carbocycles. The molecule has 0 spiro atoms. The SMILES string of the molecule is CC1(C)c2ccccc2-c2c(C(c3ccc(-c4ccccc4)cc3)c3ccc4c(c3)[se]c3c4ccc4ccc5ccccc5c43)cccc21. The fourth-order valence-electron chi connectivity index (χ4n) is 8.59. The van der Waals surface area contributed by atoms with Crippen LogP contribution in [0.25, 0.3) is 63.1 Å². The van der Waals surface area contributed by atoms with E-state index < -0.39 is 0 Å². The zero-order valence-electron chi connectivity index (χ0n) is 27.6. The van der Waals surface area contributed by atoms with Crippen molar-refractivity contribution in [2.75, 3.05) is 0 Å². The molecule has 10 rings (SSSR count). The molecule has 0 aliphatic heterocycles. The Morgan fingerprint density at radius 1 is 0.490 bits per heavy atom. The van der Waals surface area contributed by atoms with E-state index in [2.05, 4.69) is 178 Å². The van der Waals surface area contributed by atoms with Crippen molar-refractivity contribution in [2.45, 2.75) is 25.2 Å². The van der Waals surface area contributed by atoms with Gasteiger partial charge in [-0.15, -0.1) is 0 Å². The van der Waals surface area contributed by atoms with Gasteiger partial charge in [-0.2, -0.15) is 0 Å². The van der Waals surface area contributed by atoms with Gasteiger partial charge in [0.05, 0.1) is 0 Å². The summed E-state index contributed by atoms with van der Waals surface area (Å²) in [6, 6.07) is 61.7. The summed E-state index contributed by atoms with van der Waals surface area (Å²) in [6.45, 7) is 4.77. The second-order valence-electron chi connectivity index (χ2n) is 14.0. The first-order valence-electron chi connectivity index (χ1n) is 17.2. The van der Waals surface area contributed by atoms with Crippen molar-refractivity contribution in [3.63, 3.8) is 0 Å². The fourth-order valence-corrected chi connectivity index (χ4v) is 11.4. The van der Waals surface area contributed by atoms with E-state index in [0.717, 1.165) is 0 Å². The van der Waals surface area contributed by atoms with Crippen LogP contribution in [-0.2, 0) is 5.41 Å². The normalized spacial score (nSPS) is 14.0. The molecule has 0 fully saturated rings. The molecule has 9 aromatic rings. The third kappa shape index (κ3) is 4.36. The standard InChI is InChI=1S/C48H34Se/c1-48(2)41-17-9-8-15-39(41)46-40(16-10-18-42(46)48)44(33-22-19-31(20-23-33)30-11-4-3-5-12-30)35-26-27-37-38-28-25-34-24-21-32-13-6-7-14-36(32)45(34)47(38)49-43(37)29-35/h3-29,44H,1-2H3. The van der Waals surface area contributed by atoms with E-state index in [9.17, 15) is 0 Å². The van der Waals surface area contributed by atoms with Crippen LogP contribution in [0.3, 0.4) is 0 Å². The van der Waals surface area contributed by atoms with E-state index in [1.54, 1.807) is 0 Å². The first-order valence-corrected chi connectivity index (χ1v) is 18.9. The fraction of sp³-hybridized carbons (Fsp3) is 0.0833. The summed E-state index contributed by atoms with van der Waals surface area (Å²) in [6.07, 6.45) is 0. The molecule has 49 heavy (non-hydrogen) atoms. The summed E-state index contributed by atoms with van der Waals surface area (Å²) in [4.78, 5) is 0. The van der Waals surface area contributed by atoms with Crippen molar-refractivity contribution < 1.29 is 0 Å². The Balaban J connectivity index is 1.21. The molecule has 1 heteroatoms. The van der Waals surface area contributed by atoms with Crippen LogP contribution in [0.2, 0.25) is 0 Å². The van der Waals surface area contributed by atoms with Crippen LogP contribution in [0, 0.1) is 0 Å². The second-order valence-corrected chi connectivity index (χ2v) is 16.3. The van der Waals surface area contributed by atoms with Crippen LogP contribution < -0.4 is 0 Å². The van der Waals surface area contributed by atoms with Gasteiger partial charge in [0.2, 0.25) is 0 Å². The van der Waals surface area contributed by atoms with E-state index in [1.165, 1.54) is 90.9 Å². The van der Waals surface area contributed by atoms with Gasteiger partial charge in [0, 0.05) is 0 Å². The molecule has 232 valence electrons.